The maximum absolute atomic E-state index is 9.77. The average Bonchev–Trinajstić information content (AvgIpc) is 3.07. The Morgan fingerprint density at radius 3 is 1.56 bits per heavy atom. The van der Waals surface area contributed by atoms with Gasteiger partial charge in [-0.25, -0.2) is 15.0 Å². The molecule has 2 aliphatic rings. The predicted molar refractivity (Wildman–Crippen MR) is 178 cm³/mol. The minimum Gasteiger partial charge on any atom is -0.208 e. The Hall–Kier alpha value is -5.13. The van der Waals surface area contributed by atoms with Gasteiger partial charge < -0.3 is 0 Å². The molecule has 0 radical (unpaired) electrons. The highest BCUT2D eigenvalue weighted by molar-refractivity contribution is 5.75. The van der Waals surface area contributed by atoms with Gasteiger partial charge >= 0.3 is 0 Å². The topological polar surface area (TPSA) is 86.2 Å². The molecular weight excluding hydrogens is 550 g/mol. The first-order valence-electron chi connectivity index (χ1n) is 15.9. The van der Waals surface area contributed by atoms with Crippen LogP contribution in [-0.4, -0.2) is 15.0 Å². The van der Waals surface area contributed by atoms with Crippen LogP contribution in [0.4, 0.5) is 0 Å². The summed E-state index contributed by atoms with van der Waals surface area (Å²) in [5, 5.41) is 19.5. The lowest BCUT2D eigenvalue weighted by Gasteiger charge is -2.47. The number of nitrogens with zero attached hydrogens (tertiary/aromatic N) is 5. The minimum absolute atomic E-state index is 0.000924. The molecule has 7 rings (SSSR count). The van der Waals surface area contributed by atoms with E-state index in [4.69, 9.17) is 15.0 Å². The zero-order chi connectivity index (χ0) is 31.0. The van der Waals surface area contributed by atoms with Gasteiger partial charge in [0.25, 0.3) is 0 Å². The smallest absolute Gasteiger partial charge is 0.164 e. The Bertz CT molecular complexity index is 1840. The van der Waals surface area contributed by atoms with Gasteiger partial charge in [-0.2, -0.15) is 10.5 Å². The lowest BCUT2D eigenvalue weighted by Crippen LogP contribution is -2.38. The monoisotopic (exact) mass is 585 g/mol. The second-order valence-corrected chi connectivity index (χ2v) is 13.4. The first-order valence-corrected chi connectivity index (χ1v) is 15.9. The van der Waals surface area contributed by atoms with Gasteiger partial charge in [0.1, 0.15) is 0 Å². The maximum atomic E-state index is 9.77. The van der Waals surface area contributed by atoms with Gasteiger partial charge in [0.05, 0.1) is 23.3 Å². The number of fused-ring (bicyclic) bond motifs is 2. The minimum atomic E-state index is 0.000924. The van der Waals surface area contributed by atoms with Crippen molar-refractivity contribution < 1.29 is 0 Å². The third-order valence-electron chi connectivity index (χ3n) is 9.73. The van der Waals surface area contributed by atoms with Crippen molar-refractivity contribution in [3.8, 4) is 57.4 Å². The molecule has 0 spiro atoms. The van der Waals surface area contributed by atoms with Crippen molar-refractivity contribution in [2.75, 3.05) is 0 Å². The van der Waals surface area contributed by atoms with E-state index in [2.05, 4.69) is 44.2 Å². The third-order valence-corrected chi connectivity index (χ3v) is 9.73. The summed E-state index contributed by atoms with van der Waals surface area (Å²) in [6, 6.07) is 36.6. The normalized spacial score (nSPS) is 22.3. The summed E-state index contributed by atoms with van der Waals surface area (Å²) in [5.41, 5.74) is 6.79. The molecule has 0 N–H and O–H groups in total. The van der Waals surface area contributed by atoms with Crippen LogP contribution < -0.4 is 0 Å². The van der Waals surface area contributed by atoms with E-state index in [0.29, 0.717) is 28.6 Å². The number of rotatable bonds is 5. The zero-order valence-electron chi connectivity index (χ0n) is 25.7. The quantitative estimate of drug-likeness (QED) is 0.205. The van der Waals surface area contributed by atoms with E-state index in [1.807, 2.05) is 72.8 Å². The van der Waals surface area contributed by atoms with Crippen LogP contribution in [0.5, 0.6) is 0 Å². The SMILES string of the molecule is CC1C[C@@H]2C[C@H](C1)CC(C)(c1cc(-c3cc(C#N)cc(C#N)c3)cc(-c3nc(-c4ccccc4)nc(-c4ccccc4)n3)c1)C2. The lowest BCUT2D eigenvalue weighted by atomic mass is 9.57. The summed E-state index contributed by atoms with van der Waals surface area (Å²) in [5.74, 6) is 4.09. The van der Waals surface area contributed by atoms with Crippen LogP contribution in [0.2, 0.25) is 0 Å². The fraction of sp³-hybridized carbons (Fsp3) is 0.275. The molecule has 5 heteroatoms. The van der Waals surface area contributed by atoms with Crippen molar-refractivity contribution in [3.63, 3.8) is 0 Å². The highest BCUT2D eigenvalue weighted by Crippen LogP contribution is 2.52. The molecule has 45 heavy (non-hydrogen) atoms. The molecule has 4 atom stereocenters. The Kier molecular flexibility index (Phi) is 7.48. The van der Waals surface area contributed by atoms with E-state index in [1.54, 1.807) is 6.07 Å². The van der Waals surface area contributed by atoms with Crippen molar-refractivity contribution in [1.29, 1.82) is 10.5 Å². The Labute approximate surface area is 265 Å². The lowest BCUT2D eigenvalue weighted by molar-refractivity contribution is 0.0899. The van der Waals surface area contributed by atoms with Crippen LogP contribution >= 0.6 is 0 Å². The van der Waals surface area contributed by atoms with E-state index in [9.17, 15) is 10.5 Å². The van der Waals surface area contributed by atoms with Crippen molar-refractivity contribution >= 4 is 0 Å². The molecule has 2 saturated carbocycles. The van der Waals surface area contributed by atoms with E-state index in [-0.39, 0.29) is 5.41 Å². The molecule has 0 amide bonds. The van der Waals surface area contributed by atoms with Crippen LogP contribution in [0.1, 0.15) is 62.6 Å². The van der Waals surface area contributed by atoms with Gasteiger partial charge in [0.2, 0.25) is 0 Å². The van der Waals surface area contributed by atoms with E-state index < -0.39 is 0 Å². The summed E-state index contributed by atoms with van der Waals surface area (Å²) in [6.07, 6.45) is 6.22. The Morgan fingerprint density at radius 1 is 0.578 bits per heavy atom. The number of aromatic nitrogens is 3. The molecule has 5 aromatic rings. The van der Waals surface area contributed by atoms with E-state index in [0.717, 1.165) is 58.4 Å². The summed E-state index contributed by atoms with van der Waals surface area (Å²) in [4.78, 5) is 15.0. The van der Waals surface area contributed by atoms with Crippen LogP contribution in [0, 0.1) is 40.4 Å². The molecule has 5 nitrogen and oxygen atoms in total. The van der Waals surface area contributed by atoms with E-state index >= 15 is 0 Å². The molecule has 1 heterocycles. The molecule has 220 valence electrons. The van der Waals surface area contributed by atoms with Crippen LogP contribution in [0.15, 0.2) is 97.1 Å². The first kappa shape index (κ1) is 28.6. The van der Waals surface area contributed by atoms with Gasteiger partial charge in [0, 0.05) is 16.7 Å². The number of hydrogen-bond donors (Lipinski definition) is 0. The van der Waals surface area contributed by atoms with Crippen molar-refractivity contribution in [2.24, 2.45) is 17.8 Å². The van der Waals surface area contributed by atoms with Crippen LogP contribution in [-0.2, 0) is 5.41 Å². The largest absolute Gasteiger partial charge is 0.208 e. The molecular formula is C40H35N5. The second-order valence-electron chi connectivity index (χ2n) is 13.4. The van der Waals surface area contributed by atoms with Gasteiger partial charge in [-0.3, -0.25) is 0 Å². The van der Waals surface area contributed by atoms with Crippen molar-refractivity contribution in [1.82, 2.24) is 15.0 Å². The first-order chi connectivity index (χ1) is 21.9. The highest BCUT2D eigenvalue weighted by Gasteiger charge is 2.42. The molecule has 2 fully saturated rings. The predicted octanol–water partition coefficient (Wildman–Crippen LogP) is 9.39. The Balaban J connectivity index is 1.44. The fourth-order valence-corrected chi connectivity index (χ4v) is 7.96. The fourth-order valence-electron chi connectivity index (χ4n) is 7.96. The van der Waals surface area contributed by atoms with Crippen molar-refractivity contribution in [3.05, 3.63) is 114 Å². The Morgan fingerprint density at radius 2 is 1.04 bits per heavy atom. The summed E-state index contributed by atoms with van der Waals surface area (Å²) < 4.78 is 0. The average molecular weight is 586 g/mol. The standard InChI is InChI=1S/C40H35N5/c1-26-13-27-15-28(14-26)23-40(2,22-27)36-20-34(33-17-29(24-41)16-30(18-33)25-42)19-35(21-36)39-44-37(31-9-5-3-6-10-31)43-38(45-39)32-11-7-4-8-12-32/h3-12,16-21,26-28H,13-15,22-23H2,1-2H3/t26?,27-,28+,40?. The van der Waals surface area contributed by atoms with Crippen LogP contribution in [0.25, 0.3) is 45.3 Å². The van der Waals surface area contributed by atoms with Crippen molar-refractivity contribution in [2.45, 2.75) is 51.4 Å². The van der Waals surface area contributed by atoms with Gasteiger partial charge in [0.15, 0.2) is 17.5 Å². The number of nitriles is 2. The highest BCUT2D eigenvalue weighted by atomic mass is 15.0. The van der Waals surface area contributed by atoms with Gasteiger partial charge in [-0.15, -0.1) is 0 Å². The summed E-state index contributed by atoms with van der Waals surface area (Å²) in [6.45, 7) is 4.83. The van der Waals surface area contributed by atoms with Gasteiger partial charge in [-0.1, -0.05) is 80.6 Å². The third kappa shape index (κ3) is 5.87. The molecule has 0 saturated heterocycles. The molecule has 2 bridgehead atoms. The second kappa shape index (κ2) is 11.8. The number of hydrogen-bond acceptors (Lipinski definition) is 5. The molecule has 2 unspecified atom stereocenters. The maximum Gasteiger partial charge on any atom is 0.164 e. The van der Waals surface area contributed by atoms with E-state index in [1.165, 1.54) is 24.8 Å². The zero-order valence-corrected chi connectivity index (χ0v) is 25.7. The molecule has 0 aliphatic heterocycles. The molecule has 2 aliphatic carbocycles. The summed E-state index contributed by atoms with van der Waals surface area (Å²) >= 11 is 0. The van der Waals surface area contributed by atoms with Crippen LogP contribution in [0.3, 0.4) is 0 Å². The molecule has 4 aromatic carbocycles. The molecule has 1 aromatic heterocycles. The summed E-state index contributed by atoms with van der Waals surface area (Å²) in [7, 11) is 0. The van der Waals surface area contributed by atoms with Gasteiger partial charge in [-0.05, 0) is 102 Å². The number of benzene rings is 4.